The summed E-state index contributed by atoms with van der Waals surface area (Å²) in [4.78, 5) is 14.4. The Kier molecular flexibility index (Phi) is 3.12. The summed E-state index contributed by atoms with van der Waals surface area (Å²) < 4.78 is 5.17. The van der Waals surface area contributed by atoms with Gasteiger partial charge >= 0.3 is 6.01 Å². The van der Waals surface area contributed by atoms with Gasteiger partial charge in [0.25, 0.3) is 0 Å². The normalized spacial score (nSPS) is 20.9. The SMILES string of the molecule is COc1nc(C)c2[nH]cc(C3CN(C)CCN3)c2n1. The average Bonchev–Trinajstić information content (AvgIpc) is 2.83. The summed E-state index contributed by atoms with van der Waals surface area (Å²) >= 11 is 0. The number of piperazine rings is 1. The lowest BCUT2D eigenvalue weighted by Gasteiger charge is -2.30. The Morgan fingerprint density at radius 2 is 2.26 bits per heavy atom. The predicted octanol–water partition coefficient (Wildman–Crippen LogP) is 0.851. The van der Waals surface area contributed by atoms with Crippen molar-refractivity contribution in [1.82, 2.24) is 25.2 Å². The fourth-order valence-corrected chi connectivity index (χ4v) is 2.61. The van der Waals surface area contributed by atoms with Gasteiger partial charge in [0.1, 0.15) is 5.52 Å². The van der Waals surface area contributed by atoms with E-state index in [1.165, 1.54) is 5.56 Å². The largest absolute Gasteiger partial charge is 0.467 e. The molecule has 0 saturated carbocycles. The van der Waals surface area contributed by atoms with Crippen molar-refractivity contribution in [1.29, 1.82) is 0 Å². The van der Waals surface area contributed by atoms with Crippen LogP contribution < -0.4 is 10.1 Å². The van der Waals surface area contributed by atoms with Crippen LogP contribution in [0.3, 0.4) is 0 Å². The number of ether oxygens (including phenoxy) is 1. The van der Waals surface area contributed by atoms with E-state index in [2.05, 4.69) is 32.2 Å². The molecule has 0 bridgehead atoms. The molecule has 3 heterocycles. The van der Waals surface area contributed by atoms with Gasteiger partial charge in [0.05, 0.1) is 18.3 Å². The first-order valence-corrected chi connectivity index (χ1v) is 6.50. The predicted molar refractivity (Wildman–Crippen MR) is 73.4 cm³/mol. The number of H-pyrrole nitrogens is 1. The number of nitrogens with one attached hydrogen (secondary N) is 2. The van der Waals surface area contributed by atoms with Crippen molar-refractivity contribution in [3.05, 3.63) is 17.5 Å². The maximum absolute atomic E-state index is 5.17. The number of methoxy groups -OCH3 is 1. The number of likely N-dealkylation sites (N-methyl/N-ethyl adjacent to an activating group) is 1. The third kappa shape index (κ3) is 2.17. The molecule has 0 aliphatic carbocycles. The number of fused-ring (bicyclic) bond motifs is 1. The van der Waals surface area contributed by atoms with Crippen molar-refractivity contribution in [3.63, 3.8) is 0 Å². The quantitative estimate of drug-likeness (QED) is 0.839. The van der Waals surface area contributed by atoms with E-state index in [9.17, 15) is 0 Å². The zero-order valence-electron chi connectivity index (χ0n) is 11.5. The van der Waals surface area contributed by atoms with E-state index in [1.807, 2.05) is 13.1 Å². The van der Waals surface area contributed by atoms with Crippen LogP contribution in [0.1, 0.15) is 17.3 Å². The van der Waals surface area contributed by atoms with Crippen LogP contribution in [0.2, 0.25) is 0 Å². The molecular formula is C13H19N5O. The molecule has 3 rings (SSSR count). The number of aryl methyl sites for hydroxylation is 1. The minimum atomic E-state index is 0.298. The number of aromatic amines is 1. The lowest BCUT2D eigenvalue weighted by Crippen LogP contribution is -2.43. The highest BCUT2D eigenvalue weighted by atomic mass is 16.5. The van der Waals surface area contributed by atoms with Crippen LogP contribution >= 0.6 is 0 Å². The monoisotopic (exact) mass is 261 g/mol. The minimum Gasteiger partial charge on any atom is -0.467 e. The standard InChI is InChI=1S/C13H19N5O/c1-8-11-12(17-13(16-8)19-3)9(6-15-11)10-7-18(2)5-4-14-10/h6,10,14-15H,4-5,7H2,1-3H3. The first-order valence-electron chi connectivity index (χ1n) is 6.50. The summed E-state index contributed by atoms with van der Waals surface area (Å²) in [5.74, 6) is 0. The third-order valence-electron chi connectivity index (χ3n) is 3.65. The molecule has 1 saturated heterocycles. The van der Waals surface area contributed by atoms with Gasteiger partial charge < -0.3 is 19.9 Å². The Hall–Kier alpha value is -1.66. The van der Waals surface area contributed by atoms with E-state index in [1.54, 1.807) is 7.11 Å². The van der Waals surface area contributed by atoms with Gasteiger partial charge in [-0.05, 0) is 14.0 Å². The van der Waals surface area contributed by atoms with Gasteiger partial charge in [-0.2, -0.15) is 9.97 Å². The van der Waals surface area contributed by atoms with Crippen LogP contribution in [-0.4, -0.2) is 53.6 Å². The van der Waals surface area contributed by atoms with Crippen LogP contribution in [0, 0.1) is 6.92 Å². The highest BCUT2D eigenvalue weighted by Gasteiger charge is 2.22. The summed E-state index contributed by atoms with van der Waals surface area (Å²) in [7, 11) is 3.74. The van der Waals surface area contributed by atoms with Crippen molar-refractivity contribution in [3.8, 4) is 6.01 Å². The minimum absolute atomic E-state index is 0.298. The van der Waals surface area contributed by atoms with E-state index in [0.717, 1.165) is 36.4 Å². The van der Waals surface area contributed by atoms with Gasteiger partial charge in [-0.3, -0.25) is 0 Å². The Morgan fingerprint density at radius 1 is 1.42 bits per heavy atom. The Balaban J connectivity index is 2.06. The lowest BCUT2D eigenvalue weighted by molar-refractivity contribution is 0.241. The fourth-order valence-electron chi connectivity index (χ4n) is 2.61. The zero-order chi connectivity index (χ0) is 13.4. The third-order valence-corrected chi connectivity index (χ3v) is 3.65. The second-order valence-corrected chi connectivity index (χ2v) is 5.03. The molecule has 1 aliphatic rings. The summed E-state index contributed by atoms with van der Waals surface area (Å²) in [6.07, 6.45) is 2.03. The fraction of sp³-hybridized carbons (Fsp3) is 0.538. The molecule has 1 atom stereocenters. The molecule has 1 fully saturated rings. The Morgan fingerprint density at radius 3 is 3.00 bits per heavy atom. The first kappa shape index (κ1) is 12.4. The lowest BCUT2D eigenvalue weighted by atomic mass is 10.1. The molecule has 6 nitrogen and oxygen atoms in total. The molecule has 0 aromatic carbocycles. The summed E-state index contributed by atoms with van der Waals surface area (Å²) in [5, 5.41) is 3.54. The Bertz CT molecular complexity index is 594. The summed E-state index contributed by atoms with van der Waals surface area (Å²) in [6, 6.07) is 0.724. The first-order chi connectivity index (χ1) is 9.19. The smallest absolute Gasteiger partial charge is 0.317 e. The second kappa shape index (κ2) is 4.79. The molecule has 2 aromatic rings. The van der Waals surface area contributed by atoms with Gasteiger partial charge in [0, 0.05) is 37.4 Å². The van der Waals surface area contributed by atoms with Gasteiger partial charge in [0.15, 0.2) is 0 Å². The molecular weight excluding hydrogens is 242 g/mol. The van der Waals surface area contributed by atoms with E-state index < -0.39 is 0 Å². The van der Waals surface area contributed by atoms with Crippen molar-refractivity contribution in [2.75, 3.05) is 33.8 Å². The van der Waals surface area contributed by atoms with Gasteiger partial charge in [-0.1, -0.05) is 0 Å². The molecule has 0 spiro atoms. The molecule has 6 heteroatoms. The van der Waals surface area contributed by atoms with Crippen LogP contribution in [0.4, 0.5) is 0 Å². The number of hydrogen-bond acceptors (Lipinski definition) is 5. The van der Waals surface area contributed by atoms with Crippen LogP contribution in [-0.2, 0) is 0 Å². The maximum Gasteiger partial charge on any atom is 0.317 e. The zero-order valence-corrected chi connectivity index (χ0v) is 11.5. The van der Waals surface area contributed by atoms with Crippen LogP contribution in [0.25, 0.3) is 11.0 Å². The number of hydrogen-bond donors (Lipinski definition) is 2. The molecule has 2 N–H and O–H groups in total. The molecule has 0 amide bonds. The molecule has 1 unspecified atom stereocenters. The van der Waals surface area contributed by atoms with Crippen molar-refractivity contribution >= 4 is 11.0 Å². The summed E-state index contributed by atoms with van der Waals surface area (Å²) in [5.41, 5.74) is 4.05. The molecule has 2 aromatic heterocycles. The van der Waals surface area contributed by atoms with Gasteiger partial charge in [-0.15, -0.1) is 0 Å². The van der Waals surface area contributed by atoms with E-state index in [4.69, 9.17) is 4.74 Å². The Labute approximate surface area is 112 Å². The molecule has 102 valence electrons. The second-order valence-electron chi connectivity index (χ2n) is 5.03. The number of nitrogens with zero attached hydrogens (tertiary/aromatic N) is 3. The highest BCUT2D eigenvalue weighted by Crippen LogP contribution is 2.27. The molecule has 0 radical (unpaired) electrons. The van der Waals surface area contributed by atoms with Gasteiger partial charge in [0.2, 0.25) is 0 Å². The van der Waals surface area contributed by atoms with Crippen molar-refractivity contribution in [2.45, 2.75) is 13.0 Å². The van der Waals surface area contributed by atoms with Crippen LogP contribution in [0.15, 0.2) is 6.20 Å². The topological polar surface area (TPSA) is 66.1 Å². The molecule has 1 aliphatic heterocycles. The van der Waals surface area contributed by atoms with E-state index in [0.29, 0.717) is 12.1 Å². The van der Waals surface area contributed by atoms with Crippen LogP contribution in [0.5, 0.6) is 6.01 Å². The van der Waals surface area contributed by atoms with Crippen molar-refractivity contribution < 1.29 is 4.74 Å². The number of rotatable bonds is 2. The highest BCUT2D eigenvalue weighted by molar-refractivity contribution is 5.81. The number of aromatic nitrogens is 3. The average molecular weight is 261 g/mol. The summed E-state index contributed by atoms with van der Waals surface area (Å²) in [6.45, 7) is 5.02. The van der Waals surface area contributed by atoms with E-state index in [-0.39, 0.29) is 0 Å². The molecule has 19 heavy (non-hydrogen) atoms. The maximum atomic E-state index is 5.17. The van der Waals surface area contributed by atoms with Gasteiger partial charge in [-0.25, -0.2) is 0 Å². The van der Waals surface area contributed by atoms with E-state index >= 15 is 0 Å². The van der Waals surface area contributed by atoms with Crippen molar-refractivity contribution in [2.24, 2.45) is 0 Å².